The van der Waals surface area contributed by atoms with Gasteiger partial charge in [-0.1, -0.05) is 5.21 Å². The van der Waals surface area contributed by atoms with E-state index >= 15 is 8.78 Å². The fraction of sp³-hybridized carbons (Fsp3) is 0.333. The molecule has 0 spiro atoms. The minimum atomic E-state index is -1.29. The highest BCUT2D eigenvalue weighted by molar-refractivity contribution is 6.01. The smallest absolute Gasteiger partial charge is 0.361 e. The van der Waals surface area contributed by atoms with Crippen LogP contribution in [0.5, 0.6) is 0 Å². The summed E-state index contributed by atoms with van der Waals surface area (Å²) in [7, 11) is 2.02. The summed E-state index contributed by atoms with van der Waals surface area (Å²) in [5.74, 6) is -5.69. The van der Waals surface area contributed by atoms with Gasteiger partial charge in [-0.2, -0.15) is 4.68 Å². The van der Waals surface area contributed by atoms with E-state index in [9.17, 15) is 19.2 Å². The number of benzene rings is 1. The highest BCUT2D eigenvalue weighted by Crippen LogP contribution is 2.39. The Bertz CT molecular complexity index is 1410. The summed E-state index contributed by atoms with van der Waals surface area (Å²) in [5, 5.41) is 6.67. The largest absolute Gasteiger partial charge is 0.464 e. The lowest BCUT2D eigenvalue weighted by molar-refractivity contribution is 0.0522. The van der Waals surface area contributed by atoms with Crippen molar-refractivity contribution in [1.82, 2.24) is 19.6 Å². The van der Waals surface area contributed by atoms with Crippen LogP contribution in [0.2, 0.25) is 0 Å². The number of aromatic nitrogens is 4. The molecule has 2 heterocycles. The molecular formula is C21H18F2N4O7. The van der Waals surface area contributed by atoms with Crippen molar-refractivity contribution >= 4 is 28.8 Å². The maximum atomic E-state index is 15.9. The van der Waals surface area contributed by atoms with Crippen molar-refractivity contribution in [3.05, 3.63) is 51.1 Å². The molecule has 0 atom stereocenters. The molecule has 0 radical (unpaired) electrons. The highest BCUT2D eigenvalue weighted by atomic mass is 19.1. The zero-order valence-electron chi connectivity index (χ0n) is 18.3. The van der Waals surface area contributed by atoms with Gasteiger partial charge in [0, 0.05) is 12.2 Å². The number of fused-ring (bicyclic) bond motifs is 1. The van der Waals surface area contributed by atoms with Crippen LogP contribution in [0.3, 0.4) is 0 Å². The molecule has 0 amide bonds. The molecule has 3 aromatic rings. The summed E-state index contributed by atoms with van der Waals surface area (Å²) in [6, 6.07) is 0.489. The SMILES string of the molecule is CCOC(=O)c1cn(C2CC2)c2c(F)c(-n3nnc(C(=O)OC)c3C(=O)OC)c(F)cc2c1=O. The van der Waals surface area contributed by atoms with Crippen LogP contribution in [0.15, 0.2) is 17.1 Å². The van der Waals surface area contributed by atoms with E-state index < -0.39 is 57.4 Å². The second-order valence-corrected chi connectivity index (χ2v) is 7.33. The van der Waals surface area contributed by atoms with E-state index in [1.165, 1.54) is 10.8 Å². The minimum absolute atomic E-state index is 0.00648. The average Bonchev–Trinajstić information content (AvgIpc) is 3.57. The molecule has 34 heavy (non-hydrogen) atoms. The van der Waals surface area contributed by atoms with Crippen LogP contribution >= 0.6 is 0 Å². The Morgan fingerprint density at radius 2 is 1.79 bits per heavy atom. The third kappa shape index (κ3) is 3.58. The lowest BCUT2D eigenvalue weighted by atomic mass is 10.1. The van der Waals surface area contributed by atoms with Gasteiger partial charge in [0.2, 0.25) is 11.1 Å². The van der Waals surface area contributed by atoms with E-state index in [-0.39, 0.29) is 23.7 Å². The van der Waals surface area contributed by atoms with Crippen molar-refractivity contribution in [3.63, 3.8) is 0 Å². The summed E-state index contributed by atoms with van der Waals surface area (Å²) >= 11 is 0. The quantitative estimate of drug-likeness (QED) is 0.387. The standard InChI is InChI=1S/C21H18F2N4O7/c1-4-34-19(29)11-8-26(9-5-6-9)15-10(18(11)28)7-12(22)16(13(15)23)27-17(21(31)33-3)14(24-25-27)20(30)32-2/h7-9H,4-6H2,1-3H3. The first-order chi connectivity index (χ1) is 16.2. The van der Waals surface area contributed by atoms with Gasteiger partial charge in [-0.05, 0) is 25.8 Å². The second kappa shape index (κ2) is 8.65. The molecule has 1 saturated carbocycles. The van der Waals surface area contributed by atoms with Gasteiger partial charge >= 0.3 is 17.9 Å². The molecular weight excluding hydrogens is 458 g/mol. The van der Waals surface area contributed by atoms with E-state index in [2.05, 4.69) is 19.8 Å². The molecule has 1 aliphatic carbocycles. The molecule has 0 bridgehead atoms. The molecule has 1 aromatic carbocycles. The molecule has 4 rings (SSSR count). The van der Waals surface area contributed by atoms with Crippen LogP contribution in [0, 0.1) is 11.6 Å². The zero-order chi connectivity index (χ0) is 24.7. The van der Waals surface area contributed by atoms with Gasteiger partial charge in [0.15, 0.2) is 17.3 Å². The van der Waals surface area contributed by atoms with Crippen LogP contribution in [0.1, 0.15) is 57.1 Å². The monoisotopic (exact) mass is 476 g/mol. The third-order valence-corrected chi connectivity index (χ3v) is 5.26. The van der Waals surface area contributed by atoms with Gasteiger partial charge < -0.3 is 18.8 Å². The van der Waals surface area contributed by atoms with Gasteiger partial charge in [-0.3, -0.25) is 4.79 Å². The Morgan fingerprint density at radius 1 is 1.12 bits per heavy atom. The van der Waals surface area contributed by atoms with E-state index in [1.54, 1.807) is 6.92 Å². The number of carbonyl (C=O) groups is 3. The predicted octanol–water partition coefficient (Wildman–Crippen LogP) is 1.95. The number of hydrogen-bond acceptors (Lipinski definition) is 9. The first kappa shape index (κ1) is 23.0. The van der Waals surface area contributed by atoms with Crippen molar-refractivity contribution in [2.24, 2.45) is 0 Å². The summed E-state index contributed by atoms with van der Waals surface area (Å²) < 4.78 is 47.0. The Kier molecular flexibility index (Phi) is 5.85. The fourth-order valence-electron chi connectivity index (χ4n) is 3.57. The molecule has 1 aliphatic rings. The lowest BCUT2D eigenvalue weighted by Crippen LogP contribution is -2.23. The fourth-order valence-corrected chi connectivity index (χ4v) is 3.57. The Labute approximate surface area is 189 Å². The molecule has 11 nitrogen and oxygen atoms in total. The van der Waals surface area contributed by atoms with Crippen molar-refractivity contribution in [2.45, 2.75) is 25.8 Å². The maximum Gasteiger partial charge on any atom is 0.361 e. The van der Waals surface area contributed by atoms with E-state index in [0.29, 0.717) is 17.5 Å². The Morgan fingerprint density at radius 3 is 2.38 bits per heavy atom. The summed E-state index contributed by atoms with van der Waals surface area (Å²) in [4.78, 5) is 49.5. The molecule has 2 aromatic heterocycles. The molecule has 0 unspecified atom stereocenters. The zero-order valence-corrected chi connectivity index (χ0v) is 18.3. The first-order valence-electron chi connectivity index (χ1n) is 10.1. The number of ether oxygens (including phenoxy) is 3. The van der Waals surface area contributed by atoms with Gasteiger partial charge in [-0.25, -0.2) is 23.2 Å². The topological polar surface area (TPSA) is 132 Å². The van der Waals surface area contributed by atoms with E-state index in [4.69, 9.17) is 4.74 Å². The van der Waals surface area contributed by atoms with E-state index in [0.717, 1.165) is 20.3 Å². The van der Waals surface area contributed by atoms with Crippen molar-refractivity contribution < 1.29 is 37.4 Å². The number of esters is 3. The molecule has 0 aliphatic heterocycles. The Balaban J connectivity index is 2.05. The summed E-state index contributed by atoms with van der Waals surface area (Å²) in [6.45, 7) is 1.57. The average molecular weight is 476 g/mol. The summed E-state index contributed by atoms with van der Waals surface area (Å²) in [6.07, 6.45) is 2.44. The first-order valence-corrected chi connectivity index (χ1v) is 10.1. The second-order valence-electron chi connectivity index (χ2n) is 7.33. The predicted molar refractivity (Wildman–Crippen MR) is 110 cm³/mol. The maximum absolute atomic E-state index is 15.9. The van der Waals surface area contributed by atoms with Gasteiger partial charge in [0.25, 0.3) is 0 Å². The summed E-state index contributed by atoms with van der Waals surface area (Å²) in [5.41, 5.74) is -3.75. The number of methoxy groups -OCH3 is 2. The molecule has 1 fully saturated rings. The van der Waals surface area contributed by atoms with Crippen LogP contribution < -0.4 is 5.43 Å². The van der Waals surface area contributed by atoms with Gasteiger partial charge in [-0.15, -0.1) is 5.10 Å². The molecule has 0 N–H and O–H groups in total. The Hall–Kier alpha value is -4.16. The number of hydrogen-bond donors (Lipinski definition) is 0. The number of carbonyl (C=O) groups excluding carboxylic acids is 3. The third-order valence-electron chi connectivity index (χ3n) is 5.26. The lowest BCUT2D eigenvalue weighted by Gasteiger charge is -2.16. The molecule has 0 saturated heterocycles. The minimum Gasteiger partial charge on any atom is -0.464 e. The van der Waals surface area contributed by atoms with Gasteiger partial charge in [0.05, 0.1) is 31.7 Å². The number of pyridine rings is 1. The van der Waals surface area contributed by atoms with Crippen molar-refractivity contribution in [3.8, 4) is 5.69 Å². The van der Waals surface area contributed by atoms with E-state index in [1.807, 2.05) is 0 Å². The number of halogens is 2. The van der Waals surface area contributed by atoms with Crippen molar-refractivity contribution in [1.29, 1.82) is 0 Å². The molecule has 178 valence electrons. The normalized spacial score (nSPS) is 13.1. The van der Waals surface area contributed by atoms with Crippen LogP contribution in [0.25, 0.3) is 16.6 Å². The highest BCUT2D eigenvalue weighted by Gasteiger charge is 2.34. The van der Waals surface area contributed by atoms with Gasteiger partial charge in [0.1, 0.15) is 11.3 Å². The molecule has 13 heteroatoms. The van der Waals surface area contributed by atoms with Crippen LogP contribution in [-0.4, -0.2) is 58.3 Å². The van der Waals surface area contributed by atoms with Crippen LogP contribution in [-0.2, 0) is 14.2 Å². The van der Waals surface area contributed by atoms with Crippen LogP contribution in [0.4, 0.5) is 8.78 Å². The number of rotatable bonds is 6. The number of nitrogens with zero attached hydrogens (tertiary/aromatic N) is 4. The van der Waals surface area contributed by atoms with Crippen molar-refractivity contribution in [2.75, 3.05) is 20.8 Å².